The molecule has 1 aromatic carbocycles. The van der Waals surface area contributed by atoms with Crippen LogP contribution in [0.15, 0.2) is 30.3 Å². The molecule has 0 aliphatic carbocycles. The first-order valence-electron chi connectivity index (χ1n) is 3.25. The molecule has 5 nitrogen and oxygen atoms in total. The number of rotatable bonds is 3. The van der Waals surface area contributed by atoms with Crippen LogP contribution in [0, 0.1) is 0 Å². The molecule has 1 rings (SSSR count). The molecule has 1 N–H and O–H groups in total. The molecule has 7 heteroatoms. The third-order valence-corrected chi connectivity index (χ3v) is 3.63. The minimum atomic E-state index is -4.20. The summed E-state index contributed by atoms with van der Waals surface area (Å²) < 4.78 is 25.1. The van der Waals surface area contributed by atoms with Gasteiger partial charge in [-0.3, -0.25) is 4.57 Å². The topological polar surface area (TPSA) is 86.7 Å². The van der Waals surface area contributed by atoms with Crippen LogP contribution in [0.1, 0.15) is 0 Å². The standard InChI is InChI=1S/C6H6O5P2/c7-12(8)11-13(9,10)6-4-2-1-3-5-6/h1-5H,(H,9,10). The number of hydrogen-bond acceptors (Lipinski definition) is 4. The van der Waals surface area contributed by atoms with Crippen molar-refractivity contribution in [3.63, 3.8) is 0 Å². The predicted molar refractivity (Wildman–Crippen MR) is 44.6 cm³/mol. The maximum Gasteiger partial charge on any atom is 0.497 e. The lowest BCUT2D eigenvalue weighted by atomic mass is 10.4. The largest absolute Gasteiger partial charge is 0.566 e. The van der Waals surface area contributed by atoms with Gasteiger partial charge < -0.3 is 9.79 Å². The molecule has 0 spiro atoms. The summed E-state index contributed by atoms with van der Waals surface area (Å²) in [4.78, 5) is 19.2. The van der Waals surface area contributed by atoms with Crippen LogP contribution in [0.5, 0.6) is 0 Å². The van der Waals surface area contributed by atoms with Crippen LogP contribution in [0.2, 0.25) is 0 Å². The fourth-order valence-corrected chi connectivity index (χ4v) is 2.40. The quantitative estimate of drug-likeness (QED) is 0.750. The van der Waals surface area contributed by atoms with Crippen LogP contribution in [-0.4, -0.2) is 4.89 Å². The van der Waals surface area contributed by atoms with Crippen LogP contribution in [0.25, 0.3) is 0 Å². The Hall–Kier alpha value is -0.570. The zero-order valence-electron chi connectivity index (χ0n) is 6.36. The number of benzene rings is 1. The monoisotopic (exact) mass is 220 g/mol. The van der Waals surface area contributed by atoms with Crippen molar-refractivity contribution in [2.75, 3.05) is 0 Å². The molecular weight excluding hydrogens is 214 g/mol. The first-order valence-corrected chi connectivity index (χ1v) is 5.92. The average Bonchev–Trinajstić information content (AvgIpc) is 2.04. The van der Waals surface area contributed by atoms with Gasteiger partial charge in [0, 0.05) is 0 Å². The van der Waals surface area contributed by atoms with E-state index in [2.05, 4.69) is 4.31 Å². The molecule has 0 aromatic heterocycles. The summed E-state index contributed by atoms with van der Waals surface area (Å²) in [5, 5.41) is -0.0470. The van der Waals surface area contributed by atoms with Crippen LogP contribution < -0.4 is 10.2 Å². The smallest absolute Gasteiger partial charge is 0.497 e. The van der Waals surface area contributed by atoms with Gasteiger partial charge in [-0.2, -0.15) is 0 Å². The van der Waals surface area contributed by atoms with Gasteiger partial charge in [-0.15, -0.1) is 0 Å². The molecule has 70 valence electrons. The van der Waals surface area contributed by atoms with E-state index in [9.17, 15) is 14.0 Å². The summed E-state index contributed by atoms with van der Waals surface area (Å²) in [5.74, 6) is 0. The first kappa shape index (κ1) is 10.5. The van der Waals surface area contributed by atoms with E-state index in [4.69, 9.17) is 4.89 Å². The van der Waals surface area contributed by atoms with Crippen molar-refractivity contribution in [2.45, 2.75) is 0 Å². The molecule has 0 bridgehead atoms. The van der Waals surface area contributed by atoms with E-state index in [1.54, 1.807) is 6.07 Å². The summed E-state index contributed by atoms with van der Waals surface area (Å²) >= 11 is 0. The summed E-state index contributed by atoms with van der Waals surface area (Å²) in [7, 11) is -7.52. The lowest BCUT2D eigenvalue weighted by molar-refractivity contribution is -0.178. The SMILES string of the molecule is O=[P+]([O-])OP(=O)(O)c1ccccc1. The van der Waals surface area contributed by atoms with Crippen LogP contribution in [-0.2, 0) is 13.4 Å². The second-order valence-electron chi connectivity index (χ2n) is 2.16. The van der Waals surface area contributed by atoms with Gasteiger partial charge >= 0.3 is 15.9 Å². The van der Waals surface area contributed by atoms with Gasteiger partial charge in [0.15, 0.2) is 0 Å². The highest BCUT2D eigenvalue weighted by Crippen LogP contribution is 2.46. The van der Waals surface area contributed by atoms with E-state index in [0.717, 1.165) is 0 Å². The summed E-state index contributed by atoms with van der Waals surface area (Å²) in [6.45, 7) is 0. The van der Waals surface area contributed by atoms with Gasteiger partial charge in [0.2, 0.25) is 0 Å². The van der Waals surface area contributed by atoms with Crippen molar-refractivity contribution < 1.29 is 23.2 Å². The van der Waals surface area contributed by atoms with E-state index in [1.165, 1.54) is 24.3 Å². The van der Waals surface area contributed by atoms with Crippen molar-refractivity contribution >= 4 is 21.2 Å². The molecule has 2 atom stereocenters. The molecule has 1 aromatic rings. The summed E-state index contributed by atoms with van der Waals surface area (Å²) in [6, 6.07) is 7.30. The third kappa shape index (κ3) is 2.99. The van der Waals surface area contributed by atoms with Gasteiger partial charge in [0.25, 0.3) is 0 Å². The summed E-state index contributed by atoms with van der Waals surface area (Å²) in [6.07, 6.45) is 0. The Kier molecular flexibility index (Phi) is 3.31. The third-order valence-electron chi connectivity index (χ3n) is 1.26. The van der Waals surface area contributed by atoms with Gasteiger partial charge in [-0.05, 0) is 16.7 Å². The van der Waals surface area contributed by atoms with Crippen molar-refractivity contribution in [1.29, 1.82) is 0 Å². The van der Waals surface area contributed by atoms with Crippen molar-refractivity contribution in [2.24, 2.45) is 0 Å². The lowest BCUT2D eigenvalue weighted by Gasteiger charge is -2.03. The second-order valence-corrected chi connectivity index (χ2v) is 4.82. The van der Waals surface area contributed by atoms with Crippen molar-refractivity contribution in [3.05, 3.63) is 30.3 Å². The average molecular weight is 220 g/mol. The highest BCUT2D eigenvalue weighted by atomic mass is 31.2. The Morgan fingerprint density at radius 1 is 1.38 bits per heavy atom. The molecule has 0 saturated heterocycles. The molecule has 0 heterocycles. The molecule has 0 saturated carbocycles. The Bertz CT molecular complexity index is 349. The Morgan fingerprint density at radius 3 is 2.38 bits per heavy atom. The van der Waals surface area contributed by atoms with E-state index in [1.807, 2.05) is 0 Å². The van der Waals surface area contributed by atoms with Crippen molar-refractivity contribution in [3.8, 4) is 0 Å². The zero-order chi connectivity index (χ0) is 9.90. The van der Waals surface area contributed by atoms with Crippen LogP contribution in [0.4, 0.5) is 0 Å². The maximum atomic E-state index is 11.2. The van der Waals surface area contributed by atoms with Gasteiger partial charge in [-0.25, -0.2) is 0 Å². The normalized spacial score (nSPS) is 16.3. The molecule has 0 aliphatic rings. The molecular formula is C6H6O5P2. The van der Waals surface area contributed by atoms with E-state index in [-0.39, 0.29) is 5.30 Å². The van der Waals surface area contributed by atoms with Crippen LogP contribution in [0.3, 0.4) is 0 Å². The molecule has 0 amide bonds. The zero-order valence-corrected chi connectivity index (χ0v) is 8.15. The molecule has 0 aliphatic heterocycles. The highest BCUT2D eigenvalue weighted by Gasteiger charge is 2.29. The highest BCUT2D eigenvalue weighted by molar-refractivity contribution is 7.66. The lowest BCUT2D eigenvalue weighted by Crippen LogP contribution is -2.05. The molecule has 0 fully saturated rings. The van der Waals surface area contributed by atoms with Gasteiger partial charge in [-0.1, -0.05) is 22.5 Å². The van der Waals surface area contributed by atoms with Gasteiger partial charge in [0.05, 0.1) is 5.30 Å². The Morgan fingerprint density at radius 2 is 1.92 bits per heavy atom. The molecule has 2 unspecified atom stereocenters. The first-order chi connectivity index (χ1) is 6.02. The van der Waals surface area contributed by atoms with Crippen LogP contribution >= 0.6 is 15.9 Å². The van der Waals surface area contributed by atoms with E-state index in [0.29, 0.717) is 0 Å². The fraction of sp³-hybridized carbons (Fsp3) is 0. The maximum absolute atomic E-state index is 11.2. The minimum Gasteiger partial charge on any atom is -0.566 e. The van der Waals surface area contributed by atoms with E-state index >= 15 is 0 Å². The van der Waals surface area contributed by atoms with Crippen molar-refractivity contribution in [1.82, 2.24) is 0 Å². The number of hydrogen-bond donors (Lipinski definition) is 1. The van der Waals surface area contributed by atoms with E-state index < -0.39 is 15.9 Å². The predicted octanol–water partition coefficient (Wildman–Crippen LogP) is 0.532. The molecule has 0 radical (unpaired) electrons. The van der Waals surface area contributed by atoms with Gasteiger partial charge in [0.1, 0.15) is 0 Å². The molecule has 13 heavy (non-hydrogen) atoms. The Labute approximate surface area is 75.5 Å². The summed E-state index contributed by atoms with van der Waals surface area (Å²) in [5.41, 5.74) is 0. The fourth-order valence-electron chi connectivity index (χ4n) is 0.754. The minimum absolute atomic E-state index is 0.0470. The Balaban J connectivity index is 2.95. The second kappa shape index (κ2) is 4.09.